The van der Waals surface area contributed by atoms with E-state index in [1.165, 1.54) is 0 Å². The minimum Gasteiger partial charge on any atom is -0.465 e. The summed E-state index contributed by atoms with van der Waals surface area (Å²) in [6.07, 6.45) is 2.14. The third-order valence-electron chi connectivity index (χ3n) is 2.73. The van der Waals surface area contributed by atoms with Gasteiger partial charge in [-0.05, 0) is 32.7 Å². The van der Waals surface area contributed by atoms with Crippen molar-refractivity contribution >= 4 is 5.97 Å². The largest absolute Gasteiger partial charge is 0.465 e. The van der Waals surface area contributed by atoms with E-state index in [4.69, 9.17) is 9.47 Å². The third-order valence-corrected chi connectivity index (χ3v) is 2.73. The Morgan fingerprint density at radius 2 is 2.21 bits per heavy atom. The molecule has 0 spiro atoms. The minimum atomic E-state index is -0.620. The van der Waals surface area contributed by atoms with Gasteiger partial charge in [0.1, 0.15) is 5.54 Å². The van der Waals surface area contributed by atoms with E-state index in [1.54, 1.807) is 14.2 Å². The summed E-state index contributed by atoms with van der Waals surface area (Å²) in [5.41, 5.74) is -0.620. The number of hydrogen-bond acceptors (Lipinski definition) is 4. The van der Waals surface area contributed by atoms with Gasteiger partial charge in [0.05, 0.1) is 13.2 Å². The zero-order chi connectivity index (χ0) is 10.6. The van der Waals surface area contributed by atoms with Crippen molar-refractivity contribution < 1.29 is 14.3 Å². The Labute approximate surface area is 85.0 Å². The number of ether oxygens (including phenoxy) is 2. The molecule has 1 N–H and O–H groups in total. The van der Waals surface area contributed by atoms with E-state index in [9.17, 15) is 4.79 Å². The van der Waals surface area contributed by atoms with Crippen LogP contribution in [-0.4, -0.2) is 38.9 Å². The fourth-order valence-corrected chi connectivity index (χ4v) is 1.79. The molecule has 82 valence electrons. The number of methoxy groups -OCH3 is 1. The van der Waals surface area contributed by atoms with E-state index in [0.29, 0.717) is 19.1 Å². The number of rotatable bonds is 6. The predicted molar refractivity (Wildman–Crippen MR) is 53.0 cm³/mol. The first-order valence-corrected chi connectivity index (χ1v) is 5.06. The van der Waals surface area contributed by atoms with Crippen LogP contribution in [0.15, 0.2) is 0 Å². The van der Waals surface area contributed by atoms with Crippen LogP contribution < -0.4 is 5.32 Å². The van der Waals surface area contributed by atoms with Crippen LogP contribution in [0.3, 0.4) is 0 Å². The second-order valence-corrected chi connectivity index (χ2v) is 3.65. The highest BCUT2D eigenvalue weighted by Gasteiger charge is 2.51. The highest BCUT2D eigenvalue weighted by atomic mass is 16.5. The second-order valence-electron chi connectivity index (χ2n) is 3.65. The molecule has 1 aliphatic rings. The maximum absolute atomic E-state index is 11.8. The molecule has 0 aromatic rings. The van der Waals surface area contributed by atoms with Gasteiger partial charge in [0.25, 0.3) is 0 Å². The molecule has 0 aliphatic heterocycles. The molecule has 0 radical (unpaired) electrons. The monoisotopic (exact) mass is 201 g/mol. The Morgan fingerprint density at radius 1 is 1.57 bits per heavy atom. The molecule has 1 saturated carbocycles. The molecule has 0 bridgehead atoms. The van der Waals surface area contributed by atoms with Crippen molar-refractivity contribution in [2.45, 2.75) is 25.3 Å². The molecule has 4 nitrogen and oxygen atoms in total. The Morgan fingerprint density at radius 3 is 2.57 bits per heavy atom. The first kappa shape index (κ1) is 11.5. The first-order chi connectivity index (χ1) is 6.71. The second kappa shape index (κ2) is 4.75. The Kier molecular flexibility index (Phi) is 3.89. The number of carbonyl (C=O) groups excluding carboxylic acids is 1. The lowest BCUT2D eigenvalue weighted by atomic mass is 9.94. The number of likely N-dealkylation sites (N-methyl/N-ethyl adjacent to an activating group) is 1. The third kappa shape index (κ3) is 2.07. The lowest BCUT2D eigenvalue weighted by Gasteiger charge is -2.30. The van der Waals surface area contributed by atoms with Crippen molar-refractivity contribution in [2.75, 3.05) is 27.4 Å². The zero-order valence-corrected chi connectivity index (χ0v) is 9.13. The molecule has 1 fully saturated rings. The number of nitrogens with one attached hydrogen (secondary N) is 1. The van der Waals surface area contributed by atoms with Crippen LogP contribution in [0.5, 0.6) is 0 Å². The van der Waals surface area contributed by atoms with Gasteiger partial charge in [0, 0.05) is 7.11 Å². The van der Waals surface area contributed by atoms with Gasteiger partial charge in [-0.2, -0.15) is 0 Å². The van der Waals surface area contributed by atoms with E-state index >= 15 is 0 Å². The van der Waals surface area contributed by atoms with Crippen LogP contribution in [0.25, 0.3) is 0 Å². The van der Waals surface area contributed by atoms with Gasteiger partial charge >= 0.3 is 5.97 Å². The molecule has 1 atom stereocenters. The number of hydrogen-bond donors (Lipinski definition) is 1. The Hall–Kier alpha value is -0.610. The van der Waals surface area contributed by atoms with Gasteiger partial charge in [-0.3, -0.25) is 0 Å². The molecule has 0 aromatic heterocycles. The van der Waals surface area contributed by atoms with Gasteiger partial charge in [-0.15, -0.1) is 0 Å². The highest BCUT2D eigenvalue weighted by molar-refractivity contribution is 5.82. The van der Waals surface area contributed by atoms with Crippen LogP contribution in [-0.2, 0) is 14.3 Å². The van der Waals surface area contributed by atoms with Gasteiger partial charge in [-0.25, -0.2) is 4.79 Å². The molecule has 14 heavy (non-hydrogen) atoms. The predicted octanol–water partition coefficient (Wildman–Crippen LogP) is 0.564. The van der Waals surface area contributed by atoms with Crippen molar-refractivity contribution in [3.63, 3.8) is 0 Å². The van der Waals surface area contributed by atoms with E-state index < -0.39 is 5.54 Å². The maximum Gasteiger partial charge on any atom is 0.329 e. The SMILES string of the molecule is CCOC(=O)C(COC)(NC)C1CC1. The van der Waals surface area contributed by atoms with E-state index in [0.717, 1.165) is 12.8 Å². The molecular weight excluding hydrogens is 182 g/mol. The maximum atomic E-state index is 11.8. The van der Waals surface area contributed by atoms with Crippen molar-refractivity contribution in [2.24, 2.45) is 5.92 Å². The van der Waals surface area contributed by atoms with Gasteiger partial charge in [-0.1, -0.05) is 0 Å². The van der Waals surface area contributed by atoms with Crippen LogP contribution in [0.4, 0.5) is 0 Å². The molecule has 0 saturated heterocycles. The van der Waals surface area contributed by atoms with Crippen LogP contribution in [0, 0.1) is 5.92 Å². The minimum absolute atomic E-state index is 0.188. The smallest absolute Gasteiger partial charge is 0.329 e. The number of esters is 1. The normalized spacial score (nSPS) is 20.2. The van der Waals surface area contributed by atoms with E-state index in [1.807, 2.05) is 6.92 Å². The first-order valence-electron chi connectivity index (χ1n) is 5.06. The molecule has 1 aliphatic carbocycles. The van der Waals surface area contributed by atoms with Crippen molar-refractivity contribution in [3.8, 4) is 0 Å². The lowest BCUT2D eigenvalue weighted by molar-refractivity contribution is -0.154. The lowest BCUT2D eigenvalue weighted by Crippen LogP contribution is -2.56. The van der Waals surface area contributed by atoms with Crippen molar-refractivity contribution in [1.29, 1.82) is 0 Å². The van der Waals surface area contributed by atoms with Crippen molar-refractivity contribution in [1.82, 2.24) is 5.32 Å². The molecule has 1 unspecified atom stereocenters. The molecule has 4 heteroatoms. The fourth-order valence-electron chi connectivity index (χ4n) is 1.79. The number of carbonyl (C=O) groups is 1. The van der Waals surface area contributed by atoms with Gasteiger partial charge < -0.3 is 14.8 Å². The quantitative estimate of drug-likeness (QED) is 0.638. The molecule has 0 heterocycles. The summed E-state index contributed by atoms with van der Waals surface area (Å²) in [6.45, 7) is 2.61. The van der Waals surface area contributed by atoms with E-state index in [2.05, 4.69) is 5.32 Å². The average molecular weight is 201 g/mol. The zero-order valence-electron chi connectivity index (χ0n) is 9.13. The van der Waals surface area contributed by atoms with Crippen LogP contribution in [0.2, 0.25) is 0 Å². The van der Waals surface area contributed by atoms with Gasteiger partial charge in [0.15, 0.2) is 0 Å². The Bertz CT molecular complexity index is 204. The summed E-state index contributed by atoms with van der Waals surface area (Å²) >= 11 is 0. The summed E-state index contributed by atoms with van der Waals surface area (Å²) < 4.78 is 10.2. The van der Waals surface area contributed by atoms with Crippen LogP contribution in [0.1, 0.15) is 19.8 Å². The highest BCUT2D eigenvalue weighted by Crippen LogP contribution is 2.40. The molecule has 1 rings (SSSR count). The summed E-state index contributed by atoms with van der Waals surface area (Å²) in [7, 11) is 3.39. The topological polar surface area (TPSA) is 47.6 Å². The molecule has 0 aromatic carbocycles. The summed E-state index contributed by atoms with van der Waals surface area (Å²) in [5.74, 6) is 0.179. The molecular formula is C10H19NO3. The van der Waals surface area contributed by atoms with E-state index in [-0.39, 0.29) is 5.97 Å². The summed E-state index contributed by atoms with van der Waals surface area (Å²) in [4.78, 5) is 11.8. The van der Waals surface area contributed by atoms with Crippen molar-refractivity contribution in [3.05, 3.63) is 0 Å². The standard InChI is InChI=1S/C10H19NO3/c1-4-14-9(12)10(11-2,7-13-3)8-5-6-8/h8,11H,4-7H2,1-3H3. The van der Waals surface area contributed by atoms with Crippen LogP contribution >= 0.6 is 0 Å². The Balaban J connectivity index is 2.71. The van der Waals surface area contributed by atoms with Gasteiger partial charge in [0.2, 0.25) is 0 Å². The average Bonchev–Trinajstić information content (AvgIpc) is 2.98. The summed E-state index contributed by atoms with van der Waals surface area (Å²) in [6, 6.07) is 0. The summed E-state index contributed by atoms with van der Waals surface area (Å²) in [5, 5.41) is 3.06. The molecule has 0 amide bonds. The fraction of sp³-hybridized carbons (Fsp3) is 0.900.